The first kappa shape index (κ1) is 12.3. The zero-order chi connectivity index (χ0) is 11.4. The standard InChI is InChI=1S/C13H27N3/c1-3-7-16(13-10-14-11-13)12-5-4-8-15(2)9-6-12/h12-14H,3-11H2,1-2H3. The normalized spacial score (nSPS) is 29.1. The van der Waals surface area contributed by atoms with Gasteiger partial charge in [0.05, 0.1) is 0 Å². The first-order valence-corrected chi connectivity index (χ1v) is 6.96. The van der Waals surface area contributed by atoms with Crippen molar-refractivity contribution in [2.24, 2.45) is 0 Å². The van der Waals surface area contributed by atoms with Crippen molar-refractivity contribution in [1.29, 1.82) is 0 Å². The van der Waals surface area contributed by atoms with Gasteiger partial charge in [-0.25, -0.2) is 0 Å². The van der Waals surface area contributed by atoms with Crippen molar-refractivity contribution in [1.82, 2.24) is 15.1 Å². The number of rotatable bonds is 4. The highest BCUT2D eigenvalue weighted by molar-refractivity contribution is 4.89. The molecular formula is C13H27N3. The molecule has 0 amide bonds. The smallest absolute Gasteiger partial charge is 0.0348 e. The van der Waals surface area contributed by atoms with E-state index in [0.717, 1.165) is 12.1 Å². The third kappa shape index (κ3) is 2.96. The highest BCUT2D eigenvalue weighted by Gasteiger charge is 2.30. The summed E-state index contributed by atoms with van der Waals surface area (Å²) in [5.74, 6) is 0. The zero-order valence-corrected chi connectivity index (χ0v) is 10.9. The van der Waals surface area contributed by atoms with Gasteiger partial charge in [0.1, 0.15) is 0 Å². The van der Waals surface area contributed by atoms with Crippen LogP contribution in [0, 0.1) is 0 Å². The van der Waals surface area contributed by atoms with Crippen LogP contribution in [0.25, 0.3) is 0 Å². The fraction of sp³-hybridized carbons (Fsp3) is 1.00. The predicted octanol–water partition coefficient (Wildman–Crippen LogP) is 1.15. The number of hydrogen-bond donors (Lipinski definition) is 1. The first-order valence-electron chi connectivity index (χ1n) is 6.96. The van der Waals surface area contributed by atoms with Crippen LogP contribution < -0.4 is 5.32 Å². The molecule has 2 saturated heterocycles. The molecule has 1 unspecified atom stereocenters. The van der Waals surface area contributed by atoms with Gasteiger partial charge in [0.2, 0.25) is 0 Å². The Bertz CT molecular complexity index is 203. The number of hydrogen-bond acceptors (Lipinski definition) is 3. The Morgan fingerprint density at radius 1 is 1.19 bits per heavy atom. The average Bonchev–Trinajstić information content (AvgIpc) is 2.40. The summed E-state index contributed by atoms with van der Waals surface area (Å²) in [6, 6.07) is 1.67. The van der Waals surface area contributed by atoms with Crippen molar-refractivity contribution in [2.75, 3.05) is 39.8 Å². The van der Waals surface area contributed by atoms with E-state index >= 15 is 0 Å². The molecule has 1 N–H and O–H groups in total. The van der Waals surface area contributed by atoms with Crippen LogP contribution in [0.1, 0.15) is 32.6 Å². The molecule has 3 nitrogen and oxygen atoms in total. The molecule has 0 aromatic rings. The van der Waals surface area contributed by atoms with Gasteiger partial charge in [-0.05, 0) is 52.4 Å². The summed E-state index contributed by atoms with van der Waals surface area (Å²) in [6.07, 6.45) is 5.44. The lowest BCUT2D eigenvalue weighted by Crippen LogP contribution is -2.60. The minimum Gasteiger partial charge on any atom is -0.314 e. The van der Waals surface area contributed by atoms with Gasteiger partial charge in [0.15, 0.2) is 0 Å². The molecule has 2 fully saturated rings. The lowest BCUT2D eigenvalue weighted by atomic mass is 10.0. The second-order valence-corrected chi connectivity index (χ2v) is 5.44. The zero-order valence-electron chi connectivity index (χ0n) is 10.9. The van der Waals surface area contributed by atoms with E-state index in [9.17, 15) is 0 Å². The Hall–Kier alpha value is -0.120. The Morgan fingerprint density at radius 2 is 2.00 bits per heavy atom. The summed E-state index contributed by atoms with van der Waals surface area (Å²) < 4.78 is 0. The van der Waals surface area contributed by atoms with Gasteiger partial charge < -0.3 is 10.2 Å². The van der Waals surface area contributed by atoms with Crippen molar-refractivity contribution < 1.29 is 0 Å². The van der Waals surface area contributed by atoms with E-state index in [1.54, 1.807) is 0 Å². The van der Waals surface area contributed by atoms with Crippen molar-refractivity contribution in [2.45, 2.75) is 44.7 Å². The molecule has 0 bridgehead atoms. The molecule has 2 heterocycles. The molecule has 2 aliphatic heterocycles. The van der Waals surface area contributed by atoms with Gasteiger partial charge in [0.25, 0.3) is 0 Å². The van der Waals surface area contributed by atoms with Gasteiger partial charge in [-0.3, -0.25) is 4.90 Å². The summed E-state index contributed by atoms with van der Waals surface area (Å²) in [6.45, 7) is 8.60. The number of nitrogens with one attached hydrogen (secondary N) is 1. The van der Waals surface area contributed by atoms with Crippen LogP contribution in [0.4, 0.5) is 0 Å². The Morgan fingerprint density at radius 3 is 2.62 bits per heavy atom. The van der Waals surface area contributed by atoms with E-state index < -0.39 is 0 Å². The first-order chi connectivity index (χ1) is 7.81. The molecule has 0 aromatic heterocycles. The van der Waals surface area contributed by atoms with Crippen LogP contribution in [0.5, 0.6) is 0 Å². The number of nitrogens with zero attached hydrogens (tertiary/aromatic N) is 2. The Kier molecular flexibility index (Phi) is 4.62. The summed E-state index contributed by atoms with van der Waals surface area (Å²) >= 11 is 0. The SMILES string of the molecule is CCCN(C1CCCN(C)CC1)C1CNC1. The van der Waals surface area contributed by atoms with Crippen LogP contribution in [0.15, 0.2) is 0 Å². The second kappa shape index (κ2) is 5.99. The van der Waals surface area contributed by atoms with Gasteiger partial charge in [-0.2, -0.15) is 0 Å². The minimum absolute atomic E-state index is 0.827. The highest BCUT2D eigenvalue weighted by atomic mass is 15.3. The lowest BCUT2D eigenvalue weighted by Gasteiger charge is -2.43. The van der Waals surface area contributed by atoms with Crippen LogP contribution in [0.2, 0.25) is 0 Å². The van der Waals surface area contributed by atoms with E-state index in [1.807, 2.05) is 0 Å². The summed E-state index contributed by atoms with van der Waals surface area (Å²) in [4.78, 5) is 5.28. The number of likely N-dealkylation sites (tertiary alicyclic amines) is 1. The summed E-state index contributed by atoms with van der Waals surface area (Å²) in [5.41, 5.74) is 0. The molecule has 94 valence electrons. The van der Waals surface area contributed by atoms with Crippen molar-refractivity contribution in [3.05, 3.63) is 0 Å². The molecule has 0 aromatic carbocycles. The fourth-order valence-corrected chi connectivity index (χ4v) is 2.98. The maximum Gasteiger partial charge on any atom is 0.0348 e. The van der Waals surface area contributed by atoms with Crippen LogP contribution >= 0.6 is 0 Å². The van der Waals surface area contributed by atoms with Crippen molar-refractivity contribution >= 4 is 0 Å². The topological polar surface area (TPSA) is 18.5 Å². The molecule has 3 heteroatoms. The van der Waals surface area contributed by atoms with Gasteiger partial charge in [0, 0.05) is 25.2 Å². The molecule has 0 spiro atoms. The second-order valence-electron chi connectivity index (χ2n) is 5.44. The third-order valence-electron chi connectivity index (χ3n) is 4.10. The maximum atomic E-state index is 3.41. The van der Waals surface area contributed by atoms with Crippen LogP contribution in [-0.2, 0) is 0 Å². The quantitative estimate of drug-likeness (QED) is 0.774. The van der Waals surface area contributed by atoms with Crippen molar-refractivity contribution in [3.63, 3.8) is 0 Å². The van der Waals surface area contributed by atoms with E-state index in [1.165, 1.54) is 58.4 Å². The largest absolute Gasteiger partial charge is 0.314 e. The summed E-state index contributed by atoms with van der Waals surface area (Å²) in [7, 11) is 2.26. The van der Waals surface area contributed by atoms with E-state index in [0.29, 0.717) is 0 Å². The van der Waals surface area contributed by atoms with Gasteiger partial charge in [-0.15, -0.1) is 0 Å². The van der Waals surface area contributed by atoms with E-state index in [-0.39, 0.29) is 0 Å². The maximum absolute atomic E-state index is 3.41. The molecule has 0 saturated carbocycles. The molecule has 0 radical (unpaired) electrons. The monoisotopic (exact) mass is 225 g/mol. The molecule has 2 aliphatic rings. The van der Waals surface area contributed by atoms with Crippen molar-refractivity contribution in [3.8, 4) is 0 Å². The van der Waals surface area contributed by atoms with Crippen LogP contribution in [-0.4, -0.2) is 61.7 Å². The van der Waals surface area contributed by atoms with E-state index in [4.69, 9.17) is 0 Å². The third-order valence-corrected chi connectivity index (χ3v) is 4.10. The minimum atomic E-state index is 0.827. The summed E-state index contributed by atoms with van der Waals surface area (Å²) in [5, 5.41) is 3.41. The Labute approximate surface area is 100 Å². The Balaban J connectivity index is 1.89. The van der Waals surface area contributed by atoms with Gasteiger partial charge in [-0.1, -0.05) is 6.92 Å². The fourth-order valence-electron chi connectivity index (χ4n) is 2.98. The average molecular weight is 225 g/mol. The van der Waals surface area contributed by atoms with E-state index in [2.05, 4.69) is 29.1 Å². The lowest BCUT2D eigenvalue weighted by molar-refractivity contribution is 0.0860. The molecule has 1 atom stereocenters. The molecular weight excluding hydrogens is 198 g/mol. The van der Waals surface area contributed by atoms with Gasteiger partial charge >= 0.3 is 0 Å². The predicted molar refractivity (Wildman–Crippen MR) is 68.8 cm³/mol. The van der Waals surface area contributed by atoms with Crippen LogP contribution in [0.3, 0.4) is 0 Å². The molecule has 0 aliphatic carbocycles. The molecule has 16 heavy (non-hydrogen) atoms. The molecule has 2 rings (SSSR count). The highest BCUT2D eigenvalue weighted by Crippen LogP contribution is 2.20.